The van der Waals surface area contributed by atoms with Gasteiger partial charge < -0.3 is 14.8 Å². The van der Waals surface area contributed by atoms with Gasteiger partial charge in [-0.1, -0.05) is 6.07 Å². The third-order valence-corrected chi connectivity index (χ3v) is 3.31. The van der Waals surface area contributed by atoms with Crippen molar-refractivity contribution < 1.29 is 14.3 Å². The van der Waals surface area contributed by atoms with Crippen molar-refractivity contribution in [3.05, 3.63) is 53.9 Å². The minimum atomic E-state index is -0.598. The van der Waals surface area contributed by atoms with Crippen molar-refractivity contribution in [1.29, 1.82) is 0 Å². The van der Waals surface area contributed by atoms with Crippen LogP contribution >= 0.6 is 0 Å². The van der Waals surface area contributed by atoms with E-state index >= 15 is 0 Å². The van der Waals surface area contributed by atoms with Gasteiger partial charge in [0.05, 0.1) is 19.4 Å². The van der Waals surface area contributed by atoms with Crippen molar-refractivity contribution in [2.75, 3.05) is 5.32 Å². The summed E-state index contributed by atoms with van der Waals surface area (Å²) < 4.78 is 10.9. The Kier molecular flexibility index (Phi) is 3.83. The molecule has 21 heavy (non-hydrogen) atoms. The van der Waals surface area contributed by atoms with Gasteiger partial charge in [0.15, 0.2) is 6.10 Å². The van der Waals surface area contributed by atoms with Crippen LogP contribution in [0.1, 0.15) is 18.1 Å². The first kappa shape index (κ1) is 13.6. The summed E-state index contributed by atoms with van der Waals surface area (Å²) >= 11 is 0. The van der Waals surface area contributed by atoms with Gasteiger partial charge in [-0.15, -0.1) is 0 Å². The molecule has 1 atom stereocenters. The molecular formula is C16H16N2O3. The molecule has 1 aromatic heterocycles. The molecule has 0 radical (unpaired) electrons. The molecule has 5 nitrogen and oxygen atoms in total. The lowest BCUT2D eigenvalue weighted by molar-refractivity contribution is -0.122. The number of hydrogen-bond donors (Lipinski definition) is 1. The van der Waals surface area contributed by atoms with Gasteiger partial charge in [0.1, 0.15) is 5.75 Å². The smallest absolute Gasteiger partial charge is 0.265 e. The number of pyridine rings is 1. The average molecular weight is 284 g/mol. The third-order valence-electron chi connectivity index (χ3n) is 3.31. The highest BCUT2D eigenvalue weighted by Gasteiger charge is 2.17. The second-order valence-electron chi connectivity index (χ2n) is 4.91. The standard InChI is InChI=1S/C16H16N2O3/c1-11(21-15-3-2-6-17-8-15)16(19)18-14-5-4-12-9-20-10-13(12)7-14/h2-8,11H,9-10H2,1H3,(H,18,19)/t11-/m0/s1. The number of benzene rings is 1. The molecule has 5 heteroatoms. The van der Waals surface area contributed by atoms with Gasteiger partial charge in [0.2, 0.25) is 0 Å². The van der Waals surface area contributed by atoms with Gasteiger partial charge in [-0.2, -0.15) is 0 Å². The number of amides is 1. The van der Waals surface area contributed by atoms with E-state index in [-0.39, 0.29) is 5.91 Å². The van der Waals surface area contributed by atoms with Crippen LogP contribution < -0.4 is 10.1 Å². The summed E-state index contributed by atoms with van der Waals surface area (Å²) in [6.45, 7) is 2.95. The molecule has 3 rings (SSSR count). The van der Waals surface area contributed by atoms with Gasteiger partial charge >= 0.3 is 0 Å². The Labute approximate surface area is 122 Å². The predicted molar refractivity (Wildman–Crippen MR) is 77.9 cm³/mol. The van der Waals surface area contributed by atoms with Crippen LogP contribution in [0.25, 0.3) is 0 Å². The fourth-order valence-corrected chi connectivity index (χ4v) is 2.17. The molecule has 1 aliphatic rings. The summed E-state index contributed by atoms with van der Waals surface area (Å²) in [5.41, 5.74) is 3.05. The van der Waals surface area contributed by atoms with Gasteiger partial charge in [-0.3, -0.25) is 9.78 Å². The van der Waals surface area contributed by atoms with Gasteiger partial charge in [-0.25, -0.2) is 0 Å². The molecule has 1 amide bonds. The highest BCUT2D eigenvalue weighted by molar-refractivity contribution is 5.94. The van der Waals surface area contributed by atoms with E-state index in [0.717, 1.165) is 11.3 Å². The Hall–Kier alpha value is -2.40. The monoisotopic (exact) mass is 284 g/mol. The molecule has 0 unspecified atom stereocenters. The summed E-state index contributed by atoms with van der Waals surface area (Å²) in [5.74, 6) is 0.375. The SMILES string of the molecule is C[C@H](Oc1cccnc1)C(=O)Nc1ccc2c(c1)COC2. The number of carbonyl (C=O) groups excluding carboxylic acids is 1. The zero-order valence-corrected chi connectivity index (χ0v) is 11.7. The predicted octanol–water partition coefficient (Wildman–Crippen LogP) is 2.52. The summed E-state index contributed by atoms with van der Waals surface area (Å²) in [5, 5.41) is 2.85. The molecule has 0 aliphatic carbocycles. The maximum absolute atomic E-state index is 12.1. The Morgan fingerprint density at radius 3 is 3.00 bits per heavy atom. The lowest BCUT2D eigenvalue weighted by atomic mass is 10.1. The van der Waals surface area contributed by atoms with Gasteiger partial charge in [0, 0.05) is 11.9 Å². The fourth-order valence-electron chi connectivity index (χ4n) is 2.17. The molecule has 1 aliphatic heterocycles. The Morgan fingerprint density at radius 2 is 2.19 bits per heavy atom. The van der Waals surface area contributed by atoms with Crippen molar-refractivity contribution in [2.45, 2.75) is 26.2 Å². The van der Waals surface area contributed by atoms with Crippen molar-refractivity contribution in [3.63, 3.8) is 0 Å². The number of carbonyl (C=O) groups is 1. The number of nitrogens with zero attached hydrogens (tertiary/aromatic N) is 1. The minimum Gasteiger partial charge on any atom is -0.479 e. The highest BCUT2D eigenvalue weighted by Crippen LogP contribution is 2.23. The lowest BCUT2D eigenvalue weighted by Gasteiger charge is -2.14. The van der Waals surface area contributed by atoms with Gasteiger partial charge in [-0.05, 0) is 42.3 Å². The molecule has 0 fully saturated rings. The maximum atomic E-state index is 12.1. The quantitative estimate of drug-likeness (QED) is 0.937. The van der Waals surface area contributed by atoms with E-state index in [0.29, 0.717) is 19.0 Å². The second-order valence-corrected chi connectivity index (χ2v) is 4.91. The van der Waals surface area contributed by atoms with Crippen molar-refractivity contribution in [3.8, 4) is 5.75 Å². The minimum absolute atomic E-state index is 0.197. The lowest BCUT2D eigenvalue weighted by Crippen LogP contribution is -2.30. The number of rotatable bonds is 4. The number of anilines is 1. The topological polar surface area (TPSA) is 60.5 Å². The second kappa shape index (κ2) is 5.93. The van der Waals surface area contributed by atoms with Crippen LogP contribution in [-0.2, 0) is 22.7 Å². The Morgan fingerprint density at radius 1 is 1.33 bits per heavy atom. The van der Waals surface area contributed by atoms with Crippen molar-refractivity contribution in [1.82, 2.24) is 4.98 Å². The molecule has 0 spiro atoms. The molecule has 0 saturated heterocycles. The first-order valence-corrected chi connectivity index (χ1v) is 6.79. The van der Waals surface area contributed by atoms with Crippen LogP contribution in [0.4, 0.5) is 5.69 Å². The zero-order chi connectivity index (χ0) is 14.7. The molecule has 108 valence electrons. The van der Waals surface area contributed by atoms with Crippen LogP contribution in [0, 0.1) is 0 Å². The molecule has 1 N–H and O–H groups in total. The number of ether oxygens (including phenoxy) is 2. The van der Waals surface area contributed by atoms with Crippen LogP contribution in [0.2, 0.25) is 0 Å². The maximum Gasteiger partial charge on any atom is 0.265 e. The van der Waals surface area contributed by atoms with Gasteiger partial charge in [0.25, 0.3) is 5.91 Å². The largest absolute Gasteiger partial charge is 0.479 e. The first-order chi connectivity index (χ1) is 10.2. The normalized spacial score (nSPS) is 14.3. The van der Waals surface area contributed by atoms with Crippen molar-refractivity contribution >= 4 is 11.6 Å². The molecule has 0 saturated carbocycles. The van der Waals surface area contributed by atoms with E-state index < -0.39 is 6.10 Å². The molecule has 1 aromatic carbocycles. The Bertz CT molecular complexity index is 643. The molecule has 0 bridgehead atoms. The average Bonchev–Trinajstić information content (AvgIpc) is 2.95. The van der Waals surface area contributed by atoms with E-state index in [4.69, 9.17) is 9.47 Å². The zero-order valence-electron chi connectivity index (χ0n) is 11.7. The molecule has 2 heterocycles. The summed E-state index contributed by atoms with van der Waals surface area (Å²) in [6.07, 6.45) is 2.64. The molecular weight excluding hydrogens is 268 g/mol. The first-order valence-electron chi connectivity index (χ1n) is 6.79. The molecule has 2 aromatic rings. The summed E-state index contributed by atoms with van der Waals surface area (Å²) in [4.78, 5) is 16.1. The van der Waals surface area contributed by atoms with E-state index in [1.54, 1.807) is 31.5 Å². The third kappa shape index (κ3) is 3.20. The van der Waals surface area contributed by atoms with Crippen LogP contribution in [-0.4, -0.2) is 17.0 Å². The fraction of sp³-hybridized carbons (Fsp3) is 0.250. The van der Waals surface area contributed by atoms with E-state index in [1.165, 1.54) is 5.56 Å². The van der Waals surface area contributed by atoms with Crippen molar-refractivity contribution in [2.24, 2.45) is 0 Å². The van der Waals surface area contributed by atoms with E-state index in [1.807, 2.05) is 18.2 Å². The number of fused-ring (bicyclic) bond motifs is 1. The Balaban J connectivity index is 1.63. The van der Waals surface area contributed by atoms with Crippen LogP contribution in [0.5, 0.6) is 5.75 Å². The number of aromatic nitrogens is 1. The summed E-state index contributed by atoms with van der Waals surface area (Å²) in [7, 11) is 0. The number of nitrogens with one attached hydrogen (secondary N) is 1. The van der Waals surface area contributed by atoms with E-state index in [9.17, 15) is 4.79 Å². The summed E-state index contributed by atoms with van der Waals surface area (Å²) in [6, 6.07) is 9.33. The van der Waals surface area contributed by atoms with Crippen LogP contribution in [0.3, 0.4) is 0 Å². The highest BCUT2D eigenvalue weighted by atomic mass is 16.5. The van der Waals surface area contributed by atoms with E-state index in [2.05, 4.69) is 10.3 Å². The van der Waals surface area contributed by atoms with Crippen LogP contribution in [0.15, 0.2) is 42.7 Å². The number of hydrogen-bond acceptors (Lipinski definition) is 4.